The molecular weight excluding hydrogens is 681 g/mol. The third kappa shape index (κ3) is 12.1. The molecule has 4 aliphatic heterocycles. The molecule has 4 saturated carbocycles. The third-order valence-electron chi connectivity index (χ3n) is 13.3. The van der Waals surface area contributed by atoms with Crippen LogP contribution in [0, 0.1) is 23.7 Å². The molecule has 290 valence electrons. The summed E-state index contributed by atoms with van der Waals surface area (Å²) in [6, 6.07) is 2.68. The van der Waals surface area contributed by atoms with Crippen molar-refractivity contribution in [1.82, 2.24) is 0 Å². The van der Waals surface area contributed by atoms with Crippen LogP contribution in [0.15, 0.2) is 0 Å². The maximum atomic E-state index is 12.0. The van der Waals surface area contributed by atoms with Crippen LogP contribution in [0.3, 0.4) is 0 Å². The molecule has 0 radical (unpaired) electrons. The zero-order valence-electron chi connectivity index (χ0n) is 32.2. The lowest BCUT2D eigenvalue weighted by Crippen LogP contribution is -2.44. The Morgan fingerprint density at radius 1 is 0.549 bits per heavy atom. The second-order valence-electron chi connectivity index (χ2n) is 18.8. The van der Waals surface area contributed by atoms with E-state index < -0.39 is 16.6 Å². The van der Waals surface area contributed by atoms with Gasteiger partial charge in [0.2, 0.25) is 0 Å². The summed E-state index contributed by atoms with van der Waals surface area (Å²) < 4.78 is 40.0. The lowest BCUT2D eigenvalue weighted by Gasteiger charge is -2.36. The molecule has 8 aliphatic rings. The first-order valence-corrected chi connectivity index (χ1v) is 27.4. The summed E-state index contributed by atoms with van der Waals surface area (Å²) in [5.41, 5.74) is 0. The fraction of sp³-hybridized carbons (Fsp3) is 0.950. The first kappa shape index (κ1) is 38.4. The largest absolute Gasteiger partial charge is 0.465 e. The molecule has 0 aromatic heterocycles. The van der Waals surface area contributed by atoms with Crippen molar-refractivity contribution in [2.75, 3.05) is 13.2 Å². The Labute approximate surface area is 309 Å². The Morgan fingerprint density at radius 3 is 1.57 bits per heavy atom. The van der Waals surface area contributed by atoms with Gasteiger partial charge in [-0.2, -0.15) is 0 Å². The smallest absolute Gasteiger partial charge is 0.309 e. The highest BCUT2D eigenvalue weighted by Gasteiger charge is 2.47. The topological polar surface area (TPSA) is 112 Å². The van der Waals surface area contributed by atoms with E-state index in [1.807, 2.05) is 0 Å². The number of carbonyl (C=O) groups is 2. The van der Waals surface area contributed by atoms with Crippen LogP contribution in [0.25, 0.3) is 0 Å². The van der Waals surface area contributed by atoms with Crippen LogP contribution in [0.4, 0.5) is 0 Å². The molecule has 0 bridgehead atoms. The number of unbranched alkanes of at least 4 members (excludes halogenated alkanes) is 2. The van der Waals surface area contributed by atoms with Gasteiger partial charge in [-0.15, -0.1) is 0 Å². The molecule has 12 atom stereocenters. The summed E-state index contributed by atoms with van der Waals surface area (Å²) in [4.78, 5) is 23.8. The maximum absolute atomic E-state index is 12.0. The molecular formula is C40H68O9Si2. The van der Waals surface area contributed by atoms with E-state index in [1.54, 1.807) is 0 Å². The van der Waals surface area contributed by atoms with Crippen molar-refractivity contribution in [3.63, 3.8) is 0 Å². The van der Waals surface area contributed by atoms with Crippen LogP contribution in [0.2, 0.25) is 38.3 Å². The normalized spacial score (nSPS) is 38.7. The average Bonchev–Trinajstić information content (AvgIpc) is 3.92. The van der Waals surface area contributed by atoms with Gasteiger partial charge in [0.15, 0.2) is 16.6 Å². The Balaban J connectivity index is 0.000000159. The lowest BCUT2D eigenvalue weighted by molar-refractivity contribution is -0.150. The highest BCUT2D eigenvalue weighted by molar-refractivity contribution is 6.84. The molecule has 0 spiro atoms. The number of esters is 2. The molecule has 0 amide bonds. The van der Waals surface area contributed by atoms with E-state index in [9.17, 15) is 9.59 Å². The zero-order valence-corrected chi connectivity index (χ0v) is 34.2. The van der Waals surface area contributed by atoms with E-state index in [-0.39, 0.29) is 17.9 Å². The average molecular weight is 749 g/mol. The highest BCUT2D eigenvalue weighted by atomic mass is 28.4. The SMILES string of the molecule is C[Si](C)(CCC1CCC2OC2C1)O[Si](C)(C)CCC1CCC2OC2C1.O=C(CCCCCOC(=O)C1CCC2OC2C1)OCC1CCC2OC2C1. The van der Waals surface area contributed by atoms with E-state index in [0.29, 0.717) is 74.4 Å². The fourth-order valence-electron chi connectivity index (χ4n) is 9.83. The minimum absolute atomic E-state index is 0.0184. The molecule has 8 rings (SSSR count). The quantitative estimate of drug-likeness (QED) is 0.0631. The van der Waals surface area contributed by atoms with Gasteiger partial charge in [0.1, 0.15) is 0 Å². The van der Waals surface area contributed by atoms with Gasteiger partial charge in [-0.25, -0.2) is 0 Å². The Kier molecular flexibility index (Phi) is 12.7. The van der Waals surface area contributed by atoms with Crippen LogP contribution in [-0.2, 0) is 42.1 Å². The summed E-state index contributed by atoms with van der Waals surface area (Å²) in [5, 5.41) is 0. The number of epoxide rings is 4. The van der Waals surface area contributed by atoms with Gasteiger partial charge in [0.25, 0.3) is 0 Å². The Morgan fingerprint density at radius 2 is 1.04 bits per heavy atom. The van der Waals surface area contributed by atoms with Crippen LogP contribution >= 0.6 is 0 Å². The molecule has 0 aromatic carbocycles. The molecule has 0 aromatic rings. The van der Waals surface area contributed by atoms with Crippen molar-refractivity contribution < 1.29 is 42.1 Å². The Bertz CT molecular complexity index is 1140. The first-order chi connectivity index (χ1) is 24.5. The number of hydrogen-bond donors (Lipinski definition) is 0. The van der Waals surface area contributed by atoms with Crippen LogP contribution in [-0.4, -0.2) is 90.6 Å². The minimum atomic E-state index is -1.53. The molecule has 51 heavy (non-hydrogen) atoms. The summed E-state index contributed by atoms with van der Waals surface area (Å²) in [5.74, 6) is 2.10. The molecule has 8 fully saturated rings. The summed E-state index contributed by atoms with van der Waals surface area (Å²) in [6.45, 7) is 10.8. The van der Waals surface area contributed by atoms with Gasteiger partial charge in [-0.1, -0.05) is 12.8 Å². The highest BCUT2D eigenvalue weighted by Crippen LogP contribution is 2.44. The summed E-state index contributed by atoms with van der Waals surface area (Å²) in [6.07, 6.45) is 23.8. The standard InChI is InChI=1S/C20H30O6.C20H38O3Si2/c21-19(24-12-13-5-7-15-17(10-13)25-15)4-2-1-3-9-23-20(22)14-6-8-16-18(11-14)26-16;1-24(2,11-9-15-5-7-17-19(13-15)21-17)23-25(3,4)12-10-16-6-8-18-20(14-16)22-18/h13-18H,1-12H2;15-20H,5-14H2,1-4H3. The molecule has 9 nitrogen and oxygen atoms in total. The van der Waals surface area contributed by atoms with E-state index in [0.717, 1.165) is 69.6 Å². The second kappa shape index (κ2) is 16.9. The van der Waals surface area contributed by atoms with Crippen LogP contribution < -0.4 is 0 Å². The lowest BCUT2D eigenvalue weighted by atomic mass is 9.88. The van der Waals surface area contributed by atoms with Crippen LogP contribution in [0.1, 0.15) is 116 Å². The molecule has 12 unspecified atom stereocenters. The molecule has 4 heterocycles. The van der Waals surface area contributed by atoms with Crippen molar-refractivity contribution >= 4 is 28.6 Å². The Hall–Kier alpha value is -0.826. The van der Waals surface area contributed by atoms with Gasteiger partial charge in [0, 0.05) is 6.42 Å². The number of rotatable bonds is 17. The number of hydrogen-bond acceptors (Lipinski definition) is 9. The second-order valence-corrected chi connectivity index (χ2v) is 27.6. The predicted molar refractivity (Wildman–Crippen MR) is 199 cm³/mol. The molecule has 4 saturated heterocycles. The van der Waals surface area contributed by atoms with Crippen molar-refractivity contribution in [2.24, 2.45) is 23.7 Å². The van der Waals surface area contributed by atoms with Gasteiger partial charge in [0.05, 0.1) is 68.0 Å². The predicted octanol–water partition coefficient (Wildman–Crippen LogP) is 8.10. The van der Waals surface area contributed by atoms with Gasteiger partial charge in [-0.3, -0.25) is 9.59 Å². The number of carbonyl (C=O) groups excluding carboxylic acids is 2. The van der Waals surface area contributed by atoms with Crippen molar-refractivity contribution in [3.8, 4) is 0 Å². The maximum Gasteiger partial charge on any atom is 0.309 e. The van der Waals surface area contributed by atoms with Gasteiger partial charge in [-0.05, 0) is 152 Å². The molecule has 4 aliphatic carbocycles. The molecule has 11 heteroatoms. The van der Waals surface area contributed by atoms with E-state index >= 15 is 0 Å². The number of fused-ring (bicyclic) bond motifs is 4. The van der Waals surface area contributed by atoms with Crippen molar-refractivity contribution in [2.45, 2.75) is 203 Å². The van der Waals surface area contributed by atoms with E-state index in [1.165, 1.54) is 63.5 Å². The first-order valence-electron chi connectivity index (χ1n) is 21.1. The third-order valence-corrected chi connectivity index (χ3v) is 20.7. The van der Waals surface area contributed by atoms with E-state index in [4.69, 9.17) is 32.5 Å². The minimum Gasteiger partial charge on any atom is -0.465 e. The summed E-state index contributed by atoms with van der Waals surface area (Å²) >= 11 is 0. The fourth-order valence-corrected chi connectivity index (χ4v) is 18.8. The monoisotopic (exact) mass is 748 g/mol. The van der Waals surface area contributed by atoms with Crippen LogP contribution in [0.5, 0.6) is 0 Å². The van der Waals surface area contributed by atoms with Gasteiger partial charge < -0.3 is 32.5 Å². The molecule has 0 N–H and O–H groups in total. The van der Waals surface area contributed by atoms with E-state index in [2.05, 4.69) is 26.2 Å². The zero-order chi connectivity index (χ0) is 35.6. The number of ether oxygens (including phenoxy) is 6. The van der Waals surface area contributed by atoms with Gasteiger partial charge >= 0.3 is 11.9 Å². The van der Waals surface area contributed by atoms with Crippen molar-refractivity contribution in [3.05, 3.63) is 0 Å². The van der Waals surface area contributed by atoms with Crippen molar-refractivity contribution in [1.29, 1.82) is 0 Å². The summed E-state index contributed by atoms with van der Waals surface area (Å²) in [7, 11) is -3.05.